The lowest BCUT2D eigenvalue weighted by molar-refractivity contribution is -0.131. The monoisotopic (exact) mass is 391 g/mol. The first-order valence-corrected chi connectivity index (χ1v) is 9.86. The highest BCUT2D eigenvalue weighted by Gasteiger charge is 2.32. The van der Waals surface area contributed by atoms with E-state index in [9.17, 15) is 9.59 Å². The fourth-order valence-electron chi connectivity index (χ4n) is 3.70. The van der Waals surface area contributed by atoms with E-state index in [0.717, 1.165) is 18.4 Å². The molecule has 2 atom stereocenters. The second-order valence-corrected chi connectivity index (χ2v) is 7.32. The Hall–Kier alpha value is -2.28. The van der Waals surface area contributed by atoms with Crippen LogP contribution in [0.25, 0.3) is 0 Å². The molecule has 1 heterocycles. The molecule has 1 saturated heterocycles. The summed E-state index contributed by atoms with van der Waals surface area (Å²) in [5.74, 6) is 1.45. The van der Waals surface area contributed by atoms with E-state index in [2.05, 4.69) is 10.2 Å². The van der Waals surface area contributed by atoms with Gasteiger partial charge in [0, 0.05) is 51.1 Å². The van der Waals surface area contributed by atoms with Gasteiger partial charge in [-0.05, 0) is 32.9 Å². The molecule has 2 rings (SSSR count). The molecule has 1 N–H and O–H groups in total. The average molecular weight is 392 g/mol. The molecule has 0 saturated carbocycles. The Morgan fingerprint density at radius 2 is 2.00 bits per heavy atom. The van der Waals surface area contributed by atoms with Gasteiger partial charge in [-0.25, -0.2) is 0 Å². The molecule has 156 valence electrons. The van der Waals surface area contributed by atoms with Gasteiger partial charge in [0.25, 0.3) is 0 Å². The van der Waals surface area contributed by atoms with Crippen LogP contribution in [0.5, 0.6) is 11.5 Å². The highest BCUT2D eigenvalue weighted by Crippen LogP contribution is 2.32. The first-order chi connectivity index (χ1) is 13.4. The lowest BCUT2D eigenvalue weighted by Crippen LogP contribution is -2.42. The fourth-order valence-corrected chi connectivity index (χ4v) is 3.70. The maximum atomic E-state index is 12.8. The van der Waals surface area contributed by atoms with Gasteiger partial charge in [0.15, 0.2) is 11.5 Å². The van der Waals surface area contributed by atoms with Crippen molar-refractivity contribution in [3.63, 3.8) is 0 Å². The molecule has 7 heteroatoms. The average Bonchev–Trinajstić information content (AvgIpc) is 3.01. The number of likely N-dealkylation sites (N-methyl/N-ethyl adjacent to an activating group) is 1. The molecule has 0 aliphatic carbocycles. The van der Waals surface area contributed by atoms with Gasteiger partial charge in [-0.15, -0.1) is 0 Å². The van der Waals surface area contributed by atoms with E-state index in [0.29, 0.717) is 37.6 Å². The number of para-hydroxylation sites is 1. The van der Waals surface area contributed by atoms with Crippen LogP contribution in [0.2, 0.25) is 0 Å². The molecule has 0 unspecified atom stereocenters. The third-order valence-corrected chi connectivity index (χ3v) is 5.38. The fraction of sp³-hybridized carbons (Fsp3) is 0.619. The number of rotatable bonds is 9. The Morgan fingerprint density at radius 3 is 2.64 bits per heavy atom. The zero-order valence-electron chi connectivity index (χ0n) is 17.7. The number of ether oxygens (including phenoxy) is 2. The molecular weight excluding hydrogens is 358 g/mol. The molecule has 1 aromatic carbocycles. The van der Waals surface area contributed by atoms with Crippen molar-refractivity contribution in [2.75, 3.05) is 34.4 Å². The molecular formula is C21H33N3O4. The van der Waals surface area contributed by atoms with E-state index >= 15 is 0 Å². The molecule has 1 fully saturated rings. The van der Waals surface area contributed by atoms with Crippen LogP contribution in [0, 0.1) is 0 Å². The Balaban J connectivity index is 1.96. The molecule has 28 heavy (non-hydrogen) atoms. The van der Waals surface area contributed by atoms with Crippen molar-refractivity contribution >= 4 is 11.8 Å². The molecule has 0 bridgehead atoms. The largest absolute Gasteiger partial charge is 0.493 e. The Kier molecular flexibility index (Phi) is 8.11. The van der Waals surface area contributed by atoms with E-state index < -0.39 is 0 Å². The van der Waals surface area contributed by atoms with Crippen LogP contribution in [0.4, 0.5) is 0 Å². The second-order valence-electron chi connectivity index (χ2n) is 7.32. The number of nitrogens with zero attached hydrogens (tertiary/aromatic N) is 2. The van der Waals surface area contributed by atoms with Crippen molar-refractivity contribution in [2.45, 2.75) is 51.7 Å². The normalized spacial score (nSPS) is 19.3. The molecule has 1 aliphatic heterocycles. The predicted octanol–water partition coefficient (Wildman–Crippen LogP) is 2.04. The molecule has 0 spiro atoms. The minimum Gasteiger partial charge on any atom is -0.493 e. The van der Waals surface area contributed by atoms with Gasteiger partial charge < -0.3 is 19.7 Å². The van der Waals surface area contributed by atoms with Crippen LogP contribution in [-0.2, 0) is 16.1 Å². The second kappa shape index (κ2) is 10.3. The van der Waals surface area contributed by atoms with Gasteiger partial charge in [0.1, 0.15) is 0 Å². The Morgan fingerprint density at radius 1 is 1.29 bits per heavy atom. The van der Waals surface area contributed by atoms with Crippen molar-refractivity contribution in [2.24, 2.45) is 0 Å². The highest BCUT2D eigenvalue weighted by molar-refractivity contribution is 5.76. The maximum absolute atomic E-state index is 12.8. The van der Waals surface area contributed by atoms with E-state index in [4.69, 9.17) is 9.47 Å². The van der Waals surface area contributed by atoms with E-state index in [1.54, 1.807) is 12.0 Å². The molecule has 0 aromatic heterocycles. The summed E-state index contributed by atoms with van der Waals surface area (Å²) in [6.07, 6.45) is 2.42. The van der Waals surface area contributed by atoms with Gasteiger partial charge in [-0.1, -0.05) is 12.1 Å². The molecule has 1 aromatic rings. The summed E-state index contributed by atoms with van der Waals surface area (Å²) in [4.78, 5) is 27.9. The van der Waals surface area contributed by atoms with E-state index in [-0.39, 0.29) is 23.9 Å². The number of carbonyl (C=O) groups excluding carboxylic acids is 2. The topological polar surface area (TPSA) is 71.1 Å². The quantitative estimate of drug-likeness (QED) is 0.698. The zero-order chi connectivity index (χ0) is 20.7. The standard InChI is InChI=1S/C21H33N3O4/c1-6-28-21-16(8-7-9-19(21)27-5)14-23(3)20(26)12-17-10-11-18(24(17)4)13-22-15(2)25/h7-9,17-18H,6,10-14H2,1-5H3,(H,22,25)/t17-,18+/m0/s1. The predicted molar refractivity (Wildman–Crippen MR) is 109 cm³/mol. The van der Waals surface area contributed by atoms with E-state index in [1.165, 1.54) is 6.92 Å². The van der Waals surface area contributed by atoms with Gasteiger partial charge in [0.2, 0.25) is 11.8 Å². The van der Waals surface area contributed by atoms with Crippen molar-refractivity contribution in [1.29, 1.82) is 0 Å². The van der Waals surface area contributed by atoms with Crippen LogP contribution in [0.3, 0.4) is 0 Å². The smallest absolute Gasteiger partial charge is 0.224 e. The lowest BCUT2D eigenvalue weighted by Gasteiger charge is -2.27. The molecule has 1 aliphatic rings. The summed E-state index contributed by atoms with van der Waals surface area (Å²) in [7, 11) is 5.47. The van der Waals surface area contributed by atoms with Crippen molar-refractivity contribution in [3.05, 3.63) is 23.8 Å². The van der Waals surface area contributed by atoms with Crippen molar-refractivity contribution in [3.8, 4) is 11.5 Å². The number of hydrogen-bond donors (Lipinski definition) is 1. The van der Waals surface area contributed by atoms with Crippen LogP contribution in [0.15, 0.2) is 18.2 Å². The summed E-state index contributed by atoms with van der Waals surface area (Å²) in [5.41, 5.74) is 0.931. The number of nitrogens with one attached hydrogen (secondary N) is 1. The Bertz CT molecular complexity index is 680. The summed E-state index contributed by atoms with van der Waals surface area (Å²) < 4.78 is 11.1. The SMILES string of the molecule is CCOc1c(CN(C)C(=O)C[C@@H]2CC[C@H](CNC(C)=O)N2C)cccc1OC. The number of benzene rings is 1. The number of methoxy groups -OCH3 is 1. The maximum Gasteiger partial charge on any atom is 0.224 e. The summed E-state index contributed by atoms with van der Waals surface area (Å²) in [6.45, 7) is 5.09. The van der Waals surface area contributed by atoms with E-state index in [1.807, 2.05) is 39.2 Å². The number of likely N-dealkylation sites (tertiary alicyclic amines) is 1. The van der Waals surface area contributed by atoms with Gasteiger partial charge in [-0.3, -0.25) is 14.5 Å². The first-order valence-electron chi connectivity index (χ1n) is 9.86. The van der Waals surface area contributed by atoms with Crippen LogP contribution in [-0.4, -0.2) is 68.1 Å². The number of carbonyl (C=O) groups is 2. The Labute approximate surface area is 168 Å². The first kappa shape index (κ1) is 22.0. The minimum atomic E-state index is -0.0175. The molecule has 2 amide bonds. The van der Waals surface area contributed by atoms with Gasteiger partial charge in [0.05, 0.1) is 13.7 Å². The van der Waals surface area contributed by atoms with Crippen LogP contribution < -0.4 is 14.8 Å². The minimum absolute atomic E-state index is 0.0175. The number of hydrogen-bond acceptors (Lipinski definition) is 5. The summed E-state index contributed by atoms with van der Waals surface area (Å²) >= 11 is 0. The third-order valence-electron chi connectivity index (χ3n) is 5.38. The van der Waals surface area contributed by atoms with Crippen molar-refractivity contribution in [1.82, 2.24) is 15.1 Å². The van der Waals surface area contributed by atoms with Crippen molar-refractivity contribution < 1.29 is 19.1 Å². The molecule has 7 nitrogen and oxygen atoms in total. The van der Waals surface area contributed by atoms with Crippen LogP contribution in [0.1, 0.15) is 38.7 Å². The zero-order valence-corrected chi connectivity index (χ0v) is 17.7. The summed E-state index contributed by atoms with van der Waals surface area (Å²) in [6, 6.07) is 6.22. The lowest BCUT2D eigenvalue weighted by atomic mass is 10.1. The third kappa shape index (κ3) is 5.61. The molecule has 0 radical (unpaired) electrons. The highest BCUT2D eigenvalue weighted by atomic mass is 16.5. The van der Waals surface area contributed by atoms with Crippen LogP contribution >= 0.6 is 0 Å². The number of amides is 2. The summed E-state index contributed by atoms with van der Waals surface area (Å²) in [5, 5.41) is 2.87. The van der Waals surface area contributed by atoms with Gasteiger partial charge >= 0.3 is 0 Å². The van der Waals surface area contributed by atoms with Gasteiger partial charge in [-0.2, -0.15) is 0 Å².